The molecule has 0 radical (unpaired) electrons. The van der Waals surface area contributed by atoms with E-state index in [1.807, 2.05) is 6.07 Å². The number of carboxylic acids is 1. The van der Waals surface area contributed by atoms with Crippen molar-refractivity contribution in [2.45, 2.75) is 31.9 Å². The van der Waals surface area contributed by atoms with Crippen LogP contribution in [-0.2, 0) is 22.6 Å². The molecule has 0 aliphatic carbocycles. The van der Waals surface area contributed by atoms with Crippen molar-refractivity contribution in [3.63, 3.8) is 0 Å². The van der Waals surface area contributed by atoms with Crippen LogP contribution in [-0.4, -0.2) is 41.1 Å². The maximum absolute atomic E-state index is 12.4. The number of carbonyl (C=O) groups excluding carboxylic acids is 1. The summed E-state index contributed by atoms with van der Waals surface area (Å²) < 4.78 is 5.36. The van der Waals surface area contributed by atoms with Crippen molar-refractivity contribution in [2.24, 2.45) is 0 Å². The molecule has 5 nitrogen and oxygen atoms in total. The molecule has 19 heavy (non-hydrogen) atoms. The molecule has 1 atom stereocenters. The Balaban J connectivity index is 1.83. The van der Waals surface area contributed by atoms with Gasteiger partial charge in [0.2, 0.25) is 0 Å². The molecule has 0 saturated carbocycles. The van der Waals surface area contributed by atoms with Crippen LogP contribution in [0.5, 0.6) is 0 Å². The maximum Gasteiger partial charge on any atom is 0.326 e. The minimum absolute atomic E-state index is 0.149. The van der Waals surface area contributed by atoms with E-state index in [4.69, 9.17) is 9.84 Å². The van der Waals surface area contributed by atoms with Gasteiger partial charge in [0.1, 0.15) is 6.04 Å². The van der Waals surface area contributed by atoms with Crippen LogP contribution in [0.15, 0.2) is 6.07 Å². The van der Waals surface area contributed by atoms with Gasteiger partial charge < -0.3 is 14.7 Å². The van der Waals surface area contributed by atoms with E-state index in [-0.39, 0.29) is 5.91 Å². The van der Waals surface area contributed by atoms with E-state index < -0.39 is 12.0 Å². The third kappa shape index (κ3) is 2.26. The number of hydrogen-bond acceptors (Lipinski definition) is 4. The first-order chi connectivity index (χ1) is 9.16. The molecular weight excluding hydrogens is 266 g/mol. The number of likely N-dealkylation sites (tertiary alicyclic amines) is 1. The molecule has 0 unspecified atom stereocenters. The fraction of sp³-hybridized carbons (Fsp3) is 0.538. The lowest BCUT2D eigenvalue weighted by atomic mass is 10.2. The standard InChI is InChI=1S/C13H15NO4S/c15-12(14-4-1-2-9(14)13(16)17)11-6-8-7-18-5-3-10(8)19-11/h6,9H,1-5,7H2,(H,16,17)/t9-/m1/s1. The number of hydrogen-bond donors (Lipinski definition) is 1. The fourth-order valence-electron chi connectivity index (χ4n) is 2.66. The second-order valence-corrected chi connectivity index (χ2v) is 5.99. The summed E-state index contributed by atoms with van der Waals surface area (Å²) in [7, 11) is 0. The zero-order valence-electron chi connectivity index (χ0n) is 10.4. The van der Waals surface area contributed by atoms with Gasteiger partial charge in [-0.2, -0.15) is 0 Å². The predicted molar refractivity (Wildman–Crippen MR) is 69.4 cm³/mol. The van der Waals surface area contributed by atoms with Crippen molar-refractivity contribution in [1.29, 1.82) is 0 Å². The van der Waals surface area contributed by atoms with E-state index in [1.54, 1.807) is 0 Å². The van der Waals surface area contributed by atoms with Gasteiger partial charge in [0, 0.05) is 17.8 Å². The van der Waals surface area contributed by atoms with Crippen molar-refractivity contribution in [2.75, 3.05) is 13.2 Å². The zero-order valence-corrected chi connectivity index (χ0v) is 11.2. The van der Waals surface area contributed by atoms with Crippen LogP contribution < -0.4 is 0 Å². The average molecular weight is 281 g/mol. The normalized spacial score (nSPS) is 22.3. The summed E-state index contributed by atoms with van der Waals surface area (Å²) in [6.07, 6.45) is 2.15. The molecule has 2 aliphatic heterocycles. The van der Waals surface area contributed by atoms with Gasteiger partial charge in [-0.1, -0.05) is 0 Å². The Kier molecular flexibility index (Phi) is 3.28. The summed E-state index contributed by atoms with van der Waals surface area (Å²) in [6, 6.07) is 1.20. The number of rotatable bonds is 2. The first-order valence-corrected chi connectivity index (χ1v) is 7.21. The van der Waals surface area contributed by atoms with E-state index in [2.05, 4.69) is 0 Å². The molecule has 102 valence electrons. The highest BCUT2D eigenvalue weighted by atomic mass is 32.1. The van der Waals surface area contributed by atoms with Crippen LogP contribution in [0.4, 0.5) is 0 Å². The smallest absolute Gasteiger partial charge is 0.326 e. The van der Waals surface area contributed by atoms with Gasteiger partial charge in [0.15, 0.2) is 0 Å². The molecule has 1 amide bonds. The van der Waals surface area contributed by atoms with Crippen molar-refractivity contribution in [3.8, 4) is 0 Å². The number of carboxylic acid groups (broad SMARTS) is 1. The Labute approximate surface area is 114 Å². The van der Waals surface area contributed by atoms with Gasteiger partial charge in [0.05, 0.1) is 18.1 Å². The largest absolute Gasteiger partial charge is 0.480 e. The molecule has 0 spiro atoms. The van der Waals surface area contributed by atoms with Crippen LogP contribution in [0.25, 0.3) is 0 Å². The summed E-state index contributed by atoms with van der Waals surface area (Å²) in [5, 5.41) is 9.13. The summed E-state index contributed by atoms with van der Waals surface area (Å²) in [6.45, 7) is 1.79. The van der Waals surface area contributed by atoms with Crippen molar-refractivity contribution < 1.29 is 19.4 Å². The number of fused-ring (bicyclic) bond motifs is 1. The van der Waals surface area contributed by atoms with Gasteiger partial charge in [-0.15, -0.1) is 11.3 Å². The maximum atomic E-state index is 12.4. The third-order valence-electron chi connectivity index (χ3n) is 3.64. The Hall–Kier alpha value is -1.40. The molecule has 1 saturated heterocycles. The van der Waals surface area contributed by atoms with Crippen molar-refractivity contribution in [1.82, 2.24) is 4.90 Å². The molecule has 0 bridgehead atoms. The second kappa shape index (κ2) is 4.94. The molecule has 1 N–H and O–H groups in total. The fourth-order valence-corrected chi connectivity index (χ4v) is 3.77. The van der Waals surface area contributed by atoms with Crippen LogP contribution in [0.2, 0.25) is 0 Å². The molecule has 3 heterocycles. The quantitative estimate of drug-likeness (QED) is 0.892. The lowest BCUT2D eigenvalue weighted by Crippen LogP contribution is -2.40. The van der Waals surface area contributed by atoms with Crippen LogP contribution >= 0.6 is 11.3 Å². The Morgan fingerprint density at radius 2 is 2.32 bits per heavy atom. The molecule has 1 aromatic heterocycles. The SMILES string of the molecule is O=C(O)[C@H]1CCCN1C(=O)c1cc2c(s1)CCOC2. The minimum Gasteiger partial charge on any atom is -0.480 e. The number of aliphatic carboxylic acids is 1. The molecule has 6 heteroatoms. The lowest BCUT2D eigenvalue weighted by molar-refractivity contribution is -0.141. The predicted octanol–water partition coefficient (Wildman–Crippen LogP) is 1.51. The Bertz CT molecular complexity index is 501. The topological polar surface area (TPSA) is 66.8 Å². The molecular formula is C13H15NO4S. The number of carbonyl (C=O) groups is 2. The monoisotopic (exact) mass is 281 g/mol. The number of thiophene rings is 1. The molecule has 0 aromatic carbocycles. The summed E-state index contributed by atoms with van der Waals surface area (Å²) >= 11 is 1.48. The number of ether oxygens (including phenoxy) is 1. The first kappa shape index (κ1) is 12.6. The molecule has 1 aromatic rings. The van der Waals surface area contributed by atoms with Crippen LogP contribution in [0.3, 0.4) is 0 Å². The molecule has 3 rings (SSSR count). The summed E-state index contributed by atoms with van der Waals surface area (Å²) in [4.78, 5) is 26.9. The van der Waals surface area contributed by atoms with Gasteiger partial charge in [-0.25, -0.2) is 4.79 Å². The van der Waals surface area contributed by atoms with E-state index in [1.165, 1.54) is 21.1 Å². The Morgan fingerprint density at radius 3 is 3.05 bits per heavy atom. The highest BCUT2D eigenvalue weighted by Crippen LogP contribution is 2.29. The van der Waals surface area contributed by atoms with Crippen molar-refractivity contribution >= 4 is 23.2 Å². The first-order valence-electron chi connectivity index (χ1n) is 6.40. The lowest BCUT2D eigenvalue weighted by Gasteiger charge is -2.20. The van der Waals surface area contributed by atoms with Crippen LogP contribution in [0.1, 0.15) is 33.0 Å². The molecule has 2 aliphatic rings. The van der Waals surface area contributed by atoms with E-state index >= 15 is 0 Å². The van der Waals surface area contributed by atoms with Gasteiger partial charge in [-0.05, 0) is 24.5 Å². The Morgan fingerprint density at radius 1 is 1.47 bits per heavy atom. The summed E-state index contributed by atoms with van der Waals surface area (Å²) in [5.41, 5.74) is 1.07. The van der Waals surface area contributed by atoms with Gasteiger partial charge in [-0.3, -0.25) is 4.79 Å². The number of amides is 1. The van der Waals surface area contributed by atoms with E-state index in [0.29, 0.717) is 31.1 Å². The average Bonchev–Trinajstić information content (AvgIpc) is 3.04. The second-order valence-electron chi connectivity index (χ2n) is 4.86. The highest BCUT2D eigenvalue weighted by Gasteiger charge is 2.35. The highest BCUT2D eigenvalue weighted by molar-refractivity contribution is 7.14. The third-order valence-corrected chi connectivity index (χ3v) is 4.86. The van der Waals surface area contributed by atoms with E-state index in [9.17, 15) is 9.59 Å². The summed E-state index contributed by atoms with van der Waals surface area (Å²) in [5.74, 6) is -1.06. The van der Waals surface area contributed by atoms with E-state index in [0.717, 1.165) is 18.4 Å². The number of nitrogens with zero attached hydrogens (tertiary/aromatic N) is 1. The van der Waals surface area contributed by atoms with Crippen molar-refractivity contribution in [3.05, 3.63) is 21.4 Å². The van der Waals surface area contributed by atoms with Gasteiger partial charge in [0.25, 0.3) is 5.91 Å². The minimum atomic E-state index is -0.907. The van der Waals surface area contributed by atoms with Gasteiger partial charge >= 0.3 is 5.97 Å². The molecule has 1 fully saturated rings. The zero-order chi connectivity index (χ0) is 13.4. The van der Waals surface area contributed by atoms with Crippen LogP contribution in [0, 0.1) is 0 Å².